The first-order valence-corrected chi connectivity index (χ1v) is 22.1. The van der Waals surface area contributed by atoms with Crippen molar-refractivity contribution in [1.82, 2.24) is 14.6 Å². The maximum Gasteiger partial charge on any atom is 0.307 e. The third-order valence-electron chi connectivity index (χ3n) is 12.8. The molecular formula is C43H57F2N3O10S. The molecule has 2 aliphatic heterocycles. The van der Waals surface area contributed by atoms with Crippen molar-refractivity contribution in [3.05, 3.63) is 36.4 Å². The molecule has 2 aliphatic carbocycles. The van der Waals surface area contributed by atoms with Gasteiger partial charge in [-0.1, -0.05) is 32.4 Å². The third kappa shape index (κ3) is 9.68. The number of carbonyl (C=O) groups is 4. The number of rotatable bonds is 12. The molecule has 2 aromatic rings. The van der Waals surface area contributed by atoms with E-state index in [1.807, 2.05) is 26.0 Å². The van der Waals surface area contributed by atoms with Crippen LogP contribution in [0.4, 0.5) is 8.78 Å². The van der Waals surface area contributed by atoms with Crippen molar-refractivity contribution in [2.24, 2.45) is 29.1 Å². The van der Waals surface area contributed by atoms with Gasteiger partial charge in [0.05, 0.1) is 55.3 Å². The lowest BCUT2D eigenvalue weighted by atomic mass is 9.79. The molecule has 2 amide bonds. The van der Waals surface area contributed by atoms with Crippen LogP contribution in [0.25, 0.3) is 10.9 Å². The molecule has 0 spiro atoms. The highest BCUT2D eigenvalue weighted by molar-refractivity contribution is 7.90. The summed E-state index contributed by atoms with van der Waals surface area (Å²) < 4.78 is 80.0. The zero-order chi connectivity index (χ0) is 43.1. The Morgan fingerprint density at radius 3 is 2.42 bits per heavy atom. The van der Waals surface area contributed by atoms with E-state index in [2.05, 4.69) is 9.71 Å². The van der Waals surface area contributed by atoms with Crippen LogP contribution in [-0.2, 0) is 33.9 Å². The Labute approximate surface area is 345 Å². The van der Waals surface area contributed by atoms with Gasteiger partial charge in [0, 0.05) is 37.3 Å². The predicted octanol–water partition coefficient (Wildman–Crippen LogP) is 6.56. The van der Waals surface area contributed by atoms with Crippen LogP contribution in [-0.4, -0.2) is 91.6 Å². The van der Waals surface area contributed by atoms with Gasteiger partial charge in [-0.15, -0.1) is 0 Å². The lowest BCUT2D eigenvalue weighted by molar-refractivity contribution is -0.197. The fourth-order valence-corrected chi connectivity index (χ4v) is 9.89. The van der Waals surface area contributed by atoms with Crippen LogP contribution in [0.5, 0.6) is 17.4 Å². The molecule has 2 saturated carbocycles. The molecule has 0 unspecified atom stereocenters. The number of benzene rings is 1. The Balaban J connectivity index is 1.38. The first-order chi connectivity index (χ1) is 27.7. The number of aromatic nitrogens is 1. The van der Waals surface area contributed by atoms with Gasteiger partial charge in [-0.3, -0.25) is 23.9 Å². The van der Waals surface area contributed by atoms with Crippen LogP contribution in [0.15, 0.2) is 36.4 Å². The lowest BCUT2D eigenvalue weighted by Gasteiger charge is -2.35. The number of pyridine rings is 1. The Morgan fingerprint density at radius 2 is 1.78 bits per heavy atom. The third-order valence-corrected chi connectivity index (χ3v) is 14.6. The molecule has 1 aromatic heterocycles. The number of amides is 2. The molecule has 0 radical (unpaired) electrons. The highest BCUT2D eigenvalue weighted by atomic mass is 32.2. The van der Waals surface area contributed by atoms with E-state index in [-0.39, 0.29) is 43.5 Å². The summed E-state index contributed by atoms with van der Waals surface area (Å²) in [6.45, 7) is 6.77. The first-order valence-electron chi connectivity index (χ1n) is 20.6. The number of alkyl halides is 2. The minimum Gasteiger partial charge on any atom is -0.497 e. The van der Waals surface area contributed by atoms with Crippen molar-refractivity contribution in [1.29, 1.82) is 0 Å². The van der Waals surface area contributed by atoms with E-state index in [4.69, 9.17) is 18.9 Å². The van der Waals surface area contributed by atoms with Gasteiger partial charge in [-0.25, -0.2) is 22.2 Å². The summed E-state index contributed by atoms with van der Waals surface area (Å²) >= 11 is 0. The Hall–Kier alpha value is -4.34. The van der Waals surface area contributed by atoms with Gasteiger partial charge in [0.1, 0.15) is 17.6 Å². The maximum absolute atomic E-state index is 15.1. The molecule has 3 fully saturated rings. The smallest absolute Gasteiger partial charge is 0.307 e. The summed E-state index contributed by atoms with van der Waals surface area (Å²) in [4.78, 5) is 63.2. The molecule has 0 bridgehead atoms. The van der Waals surface area contributed by atoms with E-state index >= 15 is 4.79 Å². The molecule has 324 valence electrons. The van der Waals surface area contributed by atoms with E-state index in [0.717, 1.165) is 13.8 Å². The van der Waals surface area contributed by atoms with Gasteiger partial charge in [-0.2, -0.15) is 0 Å². The number of nitrogens with zero attached hydrogens (tertiary/aromatic N) is 2. The van der Waals surface area contributed by atoms with Gasteiger partial charge in [0.25, 0.3) is 5.92 Å². The average molecular weight is 846 g/mol. The Morgan fingerprint density at radius 1 is 1.05 bits per heavy atom. The van der Waals surface area contributed by atoms with E-state index in [1.54, 1.807) is 24.3 Å². The molecule has 4 aliphatic rings. The molecule has 16 heteroatoms. The Kier molecular flexibility index (Phi) is 12.7. The SMILES string of the molecule is CC[C@@H]1C[C@H](C)CC/C=C\[C@@H]2C[C@@]2(C(=O)NS(=O)(=O)C2CC2)CC(=O)[C@@H]2C[C@@H](Oc3cc(OC)nc4cc(OC)ccc34)CN2C(=O)[C@H]1CC(=O)OC(C)(C)C(C)(F)F. The zero-order valence-corrected chi connectivity index (χ0v) is 35.7. The van der Waals surface area contributed by atoms with Gasteiger partial charge in [0.15, 0.2) is 11.4 Å². The first kappa shape index (κ1) is 44.2. The summed E-state index contributed by atoms with van der Waals surface area (Å²) in [5.41, 5.74) is -2.98. The fourth-order valence-electron chi connectivity index (χ4n) is 8.50. The molecule has 1 saturated heterocycles. The number of esters is 1. The maximum atomic E-state index is 15.1. The van der Waals surface area contributed by atoms with Gasteiger partial charge in [0.2, 0.25) is 27.7 Å². The highest BCUT2D eigenvalue weighted by Gasteiger charge is 2.62. The zero-order valence-electron chi connectivity index (χ0n) is 34.9. The molecular weight excluding hydrogens is 789 g/mol. The molecule has 6 rings (SSSR count). The normalized spacial score (nSPS) is 28.7. The minimum absolute atomic E-state index is 0.0187. The number of ether oxygens (including phenoxy) is 4. The van der Waals surface area contributed by atoms with Crippen LogP contribution >= 0.6 is 0 Å². The second-order valence-electron chi connectivity index (χ2n) is 17.5. The van der Waals surface area contributed by atoms with E-state index < -0.39 is 86.2 Å². The second-order valence-corrected chi connectivity index (χ2v) is 19.5. The lowest BCUT2D eigenvalue weighted by Crippen LogP contribution is -2.48. The number of nitrogens with one attached hydrogen (secondary N) is 1. The van der Waals surface area contributed by atoms with Crippen molar-refractivity contribution in [3.8, 4) is 17.4 Å². The number of fused-ring (bicyclic) bond motifs is 3. The van der Waals surface area contributed by atoms with Crippen LogP contribution in [0.3, 0.4) is 0 Å². The van der Waals surface area contributed by atoms with Crippen molar-refractivity contribution in [2.75, 3.05) is 20.8 Å². The quantitative estimate of drug-likeness (QED) is 0.182. The van der Waals surface area contributed by atoms with E-state index in [9.17, 15) is 31.6 Å². The summed E-state index contributed by atoms with van der Waals surface area (Å²) in [7, 11) is -0.928. The van der Waals surface area contributed by atoms with E-state index in [0.29, 0.717) is 67.9 Å². The number of hydrogen-bond donors (Lipinski definition) is 1. The largest absolute Gasteiger partial charge is 0.497 e. The van der Waals surface area contributed by atoms with Crippen molar-refractivity contribution in [2.45, 2.75) is 128 Å². The molecule has 1 N–H and O–H groups in total. The van der Waals surface area contributed by atoms with Gasteiger partial charge < -0.3 is 23.8 Å². The molecule has 1 aromatic carbocycles. The number of hydrogen-bond acceptors (Lipinski definition) is 11. The number of methoxy groups -OCH3 is 2. The number of carbonyl (C=O) groups excluding carboxylic acids is 4. The summed E-state index contributed by atoms with van der Waals surface area (Å²) in [5, 5.41) is -0.0334. The second kappa shape index (κ2) is 17.0. The number of halogens is 2. The fraction of sp³-hybridized carbons (Fsp3) is 0.651. The number of ketones is 1. The van der Waals surface area contributed by atoms with Gasteiger partial charge in [-0.05, 0) is 82.3 Å². The highest BCUT2D eigenvalue weighted by Crippen LogP contribution is 2.57. The molecule has 59 heavy (non-hydrogen) atoms. The van der Waals surface area contributed by atoms with Crippen molar-refractivity contribution >= 4 is 44.5 Å². The van der Waals surface area contributed by atoms with Crippen LogP contribution in [0, 0.1) is 29.1 Å². The summed E-state index contributed by atoms with van der Waals surface area (Å²) in [6, 6.07) is 5.72. The van der Waals surface area contributed by atoms with E-state index in [1.165, 1.54) is 19.1 Å². The van der Waals surface area contributed by atoms with Gasteiger partial charge >= 0.3 is 5.97 Å². The number of allylic oxidation sites excluding steroid dienone is 2. The van der Waals surface area contributed by atoms with Crippen LogP contribution in [0.2, 0.25) is 0 Å². The number of sulfonamides is 1. The summed E-state index contributed by atoms with van der Waals surface area (Å²) in [6.07, 6.45) is 5.82. The molecule has 7 atom stereocenters. The molecule has 3 heterocycles. The topological polar surface area (TPSA) is 168 Å². The van der Waals surface area contributed by atoms with Crippen molar-refractivity contribution in [3.63, 3.8) is 0 Å². The molecule has 13 nitrogen and oxygen atoms in total. The number of Topliss-reactive ketones (excluding diaryl/α,β-unsaturated/α-hetero) is 1. The van der Waals surface area contributed by atoms with Crippen LogP contribution < -0.4 is 18.9 Å². The Bertz CT molecular complexity index is 2080. The monoisotopic (exact) mass is 845 g/mol. The minimum atomic E-state index is -3.92. The standard InChI is InChI=1S/C43H57F2N3O10S/c1-8-26-17-25(2)11-9-10-12-27-22-43(27,40(52)47-59(53,54)30-14-15-30)23-35(49)34-19-29(57-36-21-37(56-7)46-33-18-28(55-6)13-16-31(33)36)24-48(34)39(51)32(26)20-38(50)58-41(3,4)42(5,44)45/h10,12-13,16,18,21,25-27,29-30,32,34H,8-9,11,14-15,17,19-20,22-24H2,1-7H3,(H,47,52)/b12-10-/t25-,26-,27-,29-,32+,34+,43-/m1/s1. The van der Waals surface area contributed by atoms with Crippen LogP contribution in [0.1, 0.15) is 98.8 Å². The predicted molar refractivity (Wildman–Crippen MR) is 214 cm³/mol. The summed E-state index contributed by atoms with van der Waals surface area (Å²) in [5.74, 6) is -6.59. The van der Waals surface area contributed by atoms with Crippen molar-refractivity contribution < 1.29 is 55.3 Å². The average Bonchev–Trinajstić information content (AvgIpc) is 4.10.